The molecule has 0 spiro atoms. The smallest absolute Gasteiger partial charge is 0.122 e. The lowest BCUT2D eigenvalue weighted by Gasteiger charge is -2.19. The summed E-state index contributed by atoms with van der Waals surface area (Å²) >= 11 is 0. The standard InChI is InChI=1S/C17H19NO/c1-12-6-2-3-7-13(12)10-16(18)15-11-19-17-9-5-4-8-14(15)17/h2-9,15-16H,10-11,18H2,1H3. The molecule has 0 saturated carbocycles. The van der Waals surface area contributed by atoms with Gasteiger partial charge in [-0.25, -0.2) is 0 Å². The van der Waals surface area contributed by atoms with E-state index in [1.54, 1.807) is 0 Å². The van der Waals surface area contributed by atoms with Gasteiger partial charge < -0.3 is 10.5 Å². The lowest BCUT2D eigenvalue weighted by atomic mass is 9.89. The molecule has 0 fully saturated rings. The summed E-state index contributed by atoms with van der Waals surface area (Å²) in [6, 6.07) is 16.8. The molecule has 0 saturated heterocycles. The first kappa shape index (κ1) is 12.2. The average Bonchev–Trinajstić information content (AvgIpc) is 2.85. The molecule has 0 amide bonds. The molecule has 2 atom stereocenters. The van der Waals surface area contributed by atoms with E-state index in [0.717, 1.165) is 12.2 Å². The van der Waals surface area contributed by atoms with Crippen molar-refractivity contribution in [2.75, 3.05) is 6.61 Å². The van der Waals surface area contributed by atoms with Crippen LogP contribution in [0.4, 0.5) is 0 Å². The van der Waals surface area contributed by atoms with Crippen LogP contribution in [0.25, 0.3) is 0 Å². The molecule has 0 aliphatic carbocycles. The van der Waals surface area contributed by atoms with Gasteiger partial charge in [0.2, 0.25) is 0 Å². The Morgan fingerprint density at radius 3 is 2.74 bits per heavy atom. The van der Waals surface area contributed by atoms with Crippen LogP contribution in [0.3, 0.4) is 0 Å². The van der Waals surface area contributed by atoms with Crippen molar-refractivity contribution >= 4 is 0 Å². The van der Waals surface area contributed by atoms with Crippen LogP contribution in [-0.2, 0) is 6.42 Å². The Balaban J connectivity index is 1.79. The molecule has 2 nitrogen and oxygen atoms in total. The summed E-state index contributed by atoms with van der Waals surface area (Å²) in [5, 5.41) is 0. The van der Waals surface area contributed by atoms with Gasteiger partial charge in [-0.05, 0) is 30.5 Å². The van der Waals surface area contributed by atoms with Crippen LogP contribution in [0.2, 0.25) is 0 Å². The van der Waals surface area contributed by atoms with Crippen molar-refractivity contribution in [1.82, 2.24) is 0 Å². The van der Waals surface area contributed by atoms with Crippen molar-refractivity contribution in [2.24, 2.45) is 5.73 Å². The van der Waals surface area contributed by atoms with E-state index >= 15 is 0 Å². The van der Waals surface area contributed by atoms with Crippen LogP contribution in [0.5, 0.6) is 5.75 Å². The van der Waals surface area contributed by atoms with Crippen LogP contribution in [0.1, 0.15) is 22.6 Å². The molecule has 0 aromatic heterocycles. The summed E-state index contributed by atoms with van der Waals surface area (Å²) < 4.78 is 5.72. The van der Waals surface area contributed by atoms with Crippen molar-refractivity contribution in [3.8, 4) is 5.75 Å². The van der Waals surface area contributed by atoms with Crippen LogP contribution in [-0.4, -0.2) is 12.6 Å². The van der Waals surface area contributed by atoms with Crippen molar-refractivity contribution in [1.29, 1.82) is 0 Å². The second-order valence-electron chi connectivity index (χ2n) is 5.25. The molecule has 1 aliphatic heterocycles. The Morgan fingerprint density at radius 1 is 1.16 bits per heavy atom. The summed E-state index contributed by atoms with van der Waals surface area (Å²) in [6.45, 7) is 2.84. The molecule has 0 bridgehead atoms. The highest BCUT2D eigenvalue weighted by Gasteiger charge is 2.29. The number of benzene rings is 2. The van der Waals surface area contributed by atoms with Crippen LogP contribution in [0, 0.1) is 6.92 Å². The highest BCUT2D eigenvalue weighted by atomic mass is 16.5. The third-order valence-corrected chi connectivity index (χ3v) is 3.97. The zero-order valence-electron chi connectivity index (χ0n) is 11.2. The molecule has 98 valence electrons. The largest absolute Gasteiger partial charge is 0.493 e. The summed E-state index contributed by atoms with van der Waals surface area (Å²) in [5.41, 5.74) is 10.3. The molecular weight excluding hydrogens is 234 g/mol. The fourth-order valence-electron chi connectivity index (χ4n) is 2.78. The maximum Gasteiger partial charge on any atom is 0.122 e. The molecule has 1 aliphatic rings. The number of nitrogens with two attached hydrogens (primary N) is 1. The van der Waals surface area contributed by atoms with E-state index < -0.39 is 0 Å². The number of ether oxygens (including phenoxy) is 1. The van der Waals surface area contributed by atoms with E-state index in [-0.39, 0.29) is 6.04 Å². The van der Waals surface area contributed by atoms with Gasteiger partial charge in [-0.2, -0.15) is 0 Å². The number of rotatable bonds is 3. The first-order chi connectivity index (χ1) is 9.25. The Bertz CT molecular complexity index is 579. The molecule has 3 rings (SSSR count). The average molecular weight is 253 g/mol. The normalized spacial score (nSPS) is 18.7. The fraction of sp³-hybridized carbons (Fsp3) is 0.294. The lowest BCUT2D eigenvalue weighted by molar-refractivity contribution is 0.313. The number of fused-ring (bicyclic) bond motifs is 1. The quantitative estimate of drug-likeness (QED) is 0.912. The minimum Gasteiger partial charge on any atom is -0.493 e. The molecule has 2 aromatic rings. The van der Waals surface area contributed by atoms with Gasteiger partial charge in [0.25, 0.3) is 0 Å². The maximum absolute atomic E-state index is 6.41. The van der Waals surface area contributed by atoms with E-state index in [0.29, 0.717) is 12.5 Å². The van der Waals surface area contributed by atoms with Gasteiger partial charge in [0.15, 0.2) is 0 Å². The second-order valence-corrected chi connectivity index (χ2v) is 5.25. The van der Waals surface area contributed by atoms with E-state index in [1.807, 2.05) is 12.1 Å². The second kappa shape index (κ2) is 5.06. The molecule has 2 unspecified atom stereocenters. The number of hydrogen-bond donors (Lipinski definition) is 1. The molecular formula is C17H19NO. The Labute approximate surface area is 114 Å². The van der Waals surface area contributed by atoms with Crippen LogP contribution < -0.4 is 10.5 Å². The highest BCUT2D eigenvalue weighted by molar-refractivity contribution is 5.41. The lowest BCUT2D eigenvalue weighted by Crippen LogP contribution is -2.31. The zero-order valence-corrected chi connectivity index (χ0v) is 11.2. The van der Waals surface area contributed by atoms with E-state index in [9.17, 15) is 0 Å². The third kappa shape index (κ3) is 2.36. The third-order valence-electron chi connectivity index (χ3n) is 3.97. The Hall–Kier alpha value is -1.80. The summed E-state index contributed by atoms with van der Waals surface area (Å²) in [6.07, 6.45) is 0.898. The molecule has 2 N–H and O–H groups in total. The summed E-state index contributed by atoms with van der Waals surface area (Å²) in [4.78, 5) is 0. The van der Waals surface area contributed by atoms with Gasteiger partial charge in [0.05, 0.1) is 6.61 Å². The number of para-hydroxylation sites is 1. The van der Waals surface area contributed by atoms with Gasteiger partial charge in [-0.3, -0.25) is 0 Å². The van der Waals surface area contributed by atoms with E-state index in [2.05, 4.69) is 43.3 Å². The Kier molecular flexibility index (Phi) is 3.26. The van der Waals surface area contributed by atoms with Crippen molar-refractivity contribution in [3.05, 3.63) is 65.2 Å². The first-order valence-electron chi connectivity index (χ1n) is 6.77. The van der Waals surface area contributed by atoms with Gasteiger partial charge >= 0.3 is 0 Å². The van der Waals surface area contributed by atoms with Crippen molar-refractivity contribution in [3.63, 3.8) is 0 Å². The minimum atomic E-state index is 0.102. The van der Waals surface area contributed by atoms with Gasteiger partial charge in [0, 0.05) is 17.5 Å². The highest BCUT2D eigenvalue weighted by Crippen LogP contribution is 2.35. The fourth-order valence-corrected chi connectivity index (χ4v) is 2.78. The summed E-state index contributed by atoms with van der Waals surface area (Å²) in [7, 11) is 0. The van der Waals surface area contributed by atoms with Gasteiger partial charge in [0.1, 0.15) is 5.75 Å². The van der Waals surface area contributed by atoms with Gasteiger partial charge in [-0.1, -0.05) is 42.5 Å². The van der Waals surface area contributed by atoms with Gasteiger partial charge in [-0.15, -0.1) is 0 Å². The Morgan fingerprint density at radius 2 is 1.89 bits per heavy atom. The predicted molar refractivity (Wildman–Crippen MR) is 77.5 cm³/mol. The minimum absolute atomic E-state index is 0.102. The molecule has 0 radical (unpaired) electrons. The SMILES string of the molecule is Cc1ccccc1CC(N)C1COc2ccccc21. The van der Waals surface area contributed by atoms with E-state index in [4.69, 9.17) is 10.5 Å². The predicted octanol–water partition coefficient (Wildman–Crippen LogP) is 3.04. The monoisotopic (exact) mass is 253 g/mol. The number of aryl methyl sites for hydroxylation is 1. The molecule has 2 heteroatoms. The summed E-state index contributed by atoms with van der Waals surface area (Å²) in [5.74, 6) is 1.29. The van der Waals surface area contributed by atoms with Crippen molar-refractivity contribution in [2.45, 2.75) is 25.3 Å². The van der Waals surface area contributed by atoms with E-state index in [1.165, 1.54) is 16.7 Å². The number of hydrogen-bond acceptors (Lipinski definition) is 2. The van der Waals surface area contributed by atoms with Crippen molar-refractivity contribution < 1.29 is 4.74 Å². The topological polar surface area (TPSA) is 35.2 Å². The molecule has 19 heavy (non-hydrogen) atoms. The maximum atomic E-state index is 6.41. The van der Waals surface area contributed by atoms with Crippen LogP contribution in [0.15, 0.2) is 48.5 Å². The zero-order chi connectivity index (χ0) is 13.2. The van der Waals surface area contributed by atoms with Crippen LogP contribution >= 0.6 is 0 Å². The first-order valence-corrected chi connectivity index (χ1v) is 6.77. The molecule has 2 aromatic carbocycles. The molecule has 1 heterocycles.